The van der Waals surface area contributed by atoms with Gasteiger partial charge in [-0.1, -0.05) is 32.0 Å². The van der Waals surface area contributed by atoms with Crippen molar-refractivity contribution in [3.05, 3.63) is 30.3 Å². The van der Waals surface area contributed by atoms with Gasteiger partial charge in [0.25, 0.3) is 0 Å². The molecule has 0 heterocycles. The number of hydrogen-bond acceptors (Lipinski definition) is 2. The smallest absolute Gasteiger partial charge is 0.0191 e. The van der Waals surface area contributed by atoms with Crippen LogP contribution in [0.25, 0.3) is 0 Å². The highest BCUT2D eigenvalue weighted by Crippen LogP contribution is 2.21. The van der Waals surface area contributed by atoms with Gasteiger partial charge in [0.05, 0.1) is 0 Å². The van der Waals surface area contributed by atoms with E-state index in [1.54, 1.807) is 0 Å². The highest BCUT2D eigenvalue weighted by molar-refractivity contribution is 8.00. The summed E-state index contributed by atoms with van der Waals surface area (Å²) in [5.41, 5.74) is 0. The van der Waals surface area contributed by atoms with Gasteiger partial charge in [-0.15, -0.1) is 11.8 Å². The zero-order valence-corrected chi connectivity index (χ0v) is 10.7. The average molecular weight is 223 g/mol. The van der Waals surface area contributed by atoms with Crippen LogP contribution < -0.4 is 5.32 Å². The summed E-state index contributed by atoms with van der Waals surface area (Å²) in [6, 6.07) is 11.2. The molecule has 0 aliphatic heterocycles. The van der Waals surface area contributed by atoms with Crippen molar-refractivity contribution in [3.8, 4) is 0 Å². The lowest BCUT2D eigenvalue weighted by atomic mass is 10.2. The number of benzene rings is 1. The molecular weight excluding hydrogens is 202 g/mol. The van der Waals surface area contributed by atoms with E-state index in [0.29, 0.717) is 11.3 Å². The maximum Gasteiger partial charge on any atom is 0.0191 e. The minimum atomic E-state index is 0.626. The zero-order chi connectivity index (χ0) is 11.1. The second-order valence-corrected chi connectivity index (χ2v) is 5.47. The van der Waals surface area contributed by atoms with E-state index in [-0.39, 0.29) is 0 Å². The Labute approximate surface area is 97.7 Å². The maximum atomic E-state index is 3.53. The Morgan fingerprint density at radius 2 is 1.87 bits per heavy atom. The van der Waals surface area contributed by atoms with Crippen molar-refractivity contribution in [1.29, 1.82) is 0 Å². The minimum Gasteiger partial charge on any atom is -0.313 e. The van der Waals surface area contributed by atoms with Gasteiger partial charge in [0, 0.05) is 22.7 Å². The first kappa shape index (κ1) is 12.6. The second kappa shape index (κ2) is 6.91. The molecule has 0 amide bonds. The molecule has 1 aromatic carbocycles. The predicted molar refractivity (Wildman–Crippen MR) is 69.5 cm³/mol. The Morgan fingerprint density at radius 3 is 2.47 bits per heavy atom. The molecule has 0 bridgehead atoms. The van der Waals surface area contributed by atoms with E-state index in [1.165, 1.54) is 11.3 Å². The molecule has 2 unspecified atom stereocenters. The van der Waals surface area contributed by atoms with Gasteiger partial charge in [0.2, 0.25) is 0 Å². The fourth-order valence-electron chi connectivity index (χ4n) is 1.28. The third kappa shape index (κ3) is 5.24. The quantitative estimate of drug-likeness (QED) is 0.740. The van der Waals surface area contributed by atoms with Gasteiger partial charge in [0.15, 0.2) is 0 Å². The van der Waals surface area contributed by atoms with Gasteiger partial charge in [0.1, 0.15) is 0 Å². The van der Waals surface area contributed by atoms with Crippen LogP contribution in [0.4, 0.5) is 0 Å². The molecule has 0 fully saturated rings. The van der Waals surface area contributed by atoms with E-state index in [1.807, 2.05) is 11.8 Å². The van der Waals surface area contributed by atoms with E-state index >= 15 is 0 Å². The van der Waals surface area contributed by atoms with Crippen molar-refractivity contribution in [2.24, 2.45) is 0 Å². The van der Waals surface area contributed by atoms with Gasteiger partial charge in [-0.05, 0) is 25.5 Å². The molecule has 2 heteroatoms. The standard InChI is InChI=1S/C13H21NS/c1-4-11(2)14-10-12(3)15-13-8-6-5-7-9-13/h5-9,11-12,14H,4,10H2,1-3H3. The first-order valence-corrected chi connectivity index (χ1v) is 6.55. The highest BCUT2D eigenvalue weighted by atomic mass is 32.2. The molecule has 0 aliphatic carbocycles. The lowest BCUT2D eigenvalue weighted by molar-refractivity contribution is 0.537. The van der Waals surface area contributed by atoms with Crippen LogP contribution in [0.3, 0.4) is 0 Å². The Balaban J connectivity index is 2.27. The van der Waals surface area contributed by atoms with Crippen molar-refractivity contribution in [3.63, 3.8) is 0 Å². The van der Waals surface area contributed by atoms with E-state index in [2.05, 4.69) is 56.4 Å². The normalized spacial score (nSPS) is 14.9. The van der Waals surface area contributed by atoms with Crippen LogP contribution in [0, 0.1) is 0 Å². The minimum absolute atomic E-state index is 0.626. The summed E-state index contributed by atoms with van der Waals surface area (Å²) in [4.78, 5) is 1.36. The Kier molecular flexibility index (Phi) is 5.81. The van der Waals surface area contributed by atoms with Crippen LogP contribution >= 0.6 is 11.8 Å². The molecule has 0 radical (unpaired) electrons. The molecule has 1 aromatic rings. The zero-order valence-electron chi connectivity index (χ0n) is 9.86. The fraction of sp³-hybridized carbons (Fsp3) is 0.538. The molecule has 0 aromatic heterocycles. The number of hydrogen-bond donors (Lipinski definition) is 1. The van der Waals surface area contributed by atoms with E-state index < -0.39 is 0 Å². The van der Waals surface area contributed by atoms with Gasteiger partial charge in [-0.2, -0.15) is 0 Å². The summed E-state index contributed by atoms with van der Waals surface area (Å²) >= 11 is 1.93. The lowest BCUT2D eigenvalue weighted by Crippen LogP contribution is -2.30. The molecule has 0 aliphatic rings. The Bertz CT molecular complexity index is 260. The van der Waals surface area contributed by atoms with Gasteiger partial charge >= 0.3 is 0 Å². The average Bonchev–Trinajstić information content (AvgIpc) is 2.27. The van der Waals surface area contributed by atoms with Crippen LogP contribution in [0.5, 0.6) is 0 Å². The summed E-state index contributed by atoms with van der Waals surface area (Å²) in [5, 5.41) is 4.16. The van der Waals surface area contributed by atoms with Crippen LogP contribution in [-0.2, 0) is 0 Å². The summed E-state index contributed by atoms with van der Waals surface area (Å²) in [7, 11) is 0. The second-order valence-electron chi connectivity index (χ2n) is 3.96. The molecule has 84 valence electrons. The fourth-order valence-corrected chi connectivity index (χ4v) is 2.24. The first-order chi connectivity index (χ1) is 7.22. The third-order valence-corrected chi connectivity index (χ3v) is 3.56. The summed E-state index contributed by atoms with van der Waals surface area (Å²) in [6.07, 6.45) is 1.20. The number of thioether (sulfide) groups is 1. The SMILES string of the molecule is CCC(C)NCC(C)Sc1ccccc1. The first-order valence-electron chi connectivity index (χ1n) is 5.67. The molecule has 1 N–H and O–H groups in total. The predicted octanol–water partition coefficient (Wildman–Crippen LogP) is 3.56. The number of rotatable bonds is 6. The van der Waals surface area contributed by atoms with Gasteiger partial charge < -0.3 is 5.32 Å². The number of nitrogens with one attached hydrogen (secondary N) is 1. The van der Waals surface area contributed by atoms with Crippen molar-refractivity contribution in [2.45, 2.75) is 43.4 Å². The van der Waals surface area contributed by atoms with Gasteiger partial charge in [-0.3, -0.25) is 0 Å². The molecule has 1 rings (SSSR count). The molecule has 0 spiro atoms. The van der Waals surface area contributed by atoms with Crippen LogP contribution in [0.1, 0.15) is 27.2 Å². The Morgan fingerprint density at radius 1 is 1.20 bits per heavy atom. The molecule has 0 saturated heterocycles. The van der Waals surface area contributed by atoms with Crippen LogP contribution in [0.2, 0.25) is 0 Å². The van der Waals surface area contributed by atoms with Gasteiger partial charge in [-0.25, -0.2) is 0 Å². The molecule has 15 heavy (non-hydrogen) atoms. The van der Waals surface area contributed by atoms with Crippen molar-refractivity contribution < 1.29 is 0 Å². The summed E-state index contributed by atoms with van der Waals surface area (Å²) < 4.78 is 0. The summed E-state index contributed by atoms with van der Waals surface area (Å²) in [6.45, 7) is 7.80. The summed E-state index contributed by atoms with van der Waals surface area (Å²) in [5.74, 6) is 0. The topological polar surface area (TPSA) is 12.0 Å². The van der Waals surface area contributed by atoms with Crippen molar-refractivity contribution in [1.82, 2.24) is 5.32 Å². The lowest BCUT2D eigenvalue weighted by Gasteiger charge is -2.16. The Hall–Kier alpha value is -0.470. The largest absolute Gasteiger partial charge is 0.313 e. The van der Waals surface area contributed by atoms with Crippen LogP contribution in [-0.4, -0.2) is 17.8 Å². The van der Waals surface area contributed by atoms with E-state index in [9.17, 15) is 0 Å². The maximum absolute atomic E-state index is 3.53. The van der Waals surface area contributed by atoms with Crippen molar-refractivity contribution in [2.75, 3.05) is 6.54 Å². The molecule has 1 nitrogen and oxygen atoms in total. The van der Waals surface area contributed by atoms with E-state index in [0.717, 1.165) is 6.54 Å². The van der Waals surface area contributed by atoms with Crippen molar-refractivity contribution >= 4 is 11.8 Å². The van der Waals surface area contributed by atoms with E-state index in [4.69, 9.17) is 0 Å². The third-order valence-electron chi connectivity index (χ3n) is 2.45. The van der Waals surface area contributed by atoms with Crippen LogP contribution in [0.15, 0.2) is 35.2 Å². The molecule has 0 saturated carbocycles. The molecular formula is C13H21NS. The molecule has 2 atom stereocenters. The monoisotopic (exact) mass is 223 g/mol. The highest BCUT2D eigenvalue weighted by Gasteiger charge is 2.05.